The second kappa shape index (κ2) is 4.89. The number of aliphatic hydroxyl groups is 3. The summed E-state index contributed by atoms with van der Waals surface area (Å²) in [7, 11) is 0. The van der Waals surface area contributed by atoms with E-state index in [9.17, 15) is 5.11 Å². The van der Waals surface area contributed by atoms with E-state index in [0.29, 0.717) is 0 Å². The summed E-state index contributed by atoms with van der Waals surface area (Å²) >= 11 is 3.06. The maximum Gasteiger partial charge on any atom is 0.182 e. The number of hydrogen-bond donors (Lipinski definition) is 3. The Morgan fingerprint density at radius 2 is 1.79 bits per heavy atom. The van der Waals surface area contributed by atoms with Crippen molar-refractivity contribution in [3.63, 3.8) is 0 Å². The highest BCUT2D eigenvalue weighted by molar-refractivity contribution is 9.09. The van der Waals surface area contributed by atoms with E-state index in [4.69, 9.17) is 10.2 Å². The Morgan fingerprint density at radius 3 is 2.21 bits per heavy atom. The van der Waals surface area contributed by atoms with Gasteiger partial charge in [-0.3, -0.25) is 0 Å². The Kier molecular flexibility index (Phi) is 4.07. The summed E-state index contributed by atoms with van der Waals surface area (Å²) in [4.78, 5) is 0. The normalized spacial score (nSPS) is 15.5. The molecule has 78 valence electrons. The Balaban J connectivity index is 2.76. The number of hydrogen-bond acceptors (Lipinski definition) is 3. The van der Waals surface area contributed by atoms with Gasteiger partial charge >= 0.3 is 0 Å². The van der Waals surface area contributed by atoms with Gasteiger partial charge in [0.15, 0.2) is 6.29 Å². The van der Waals surface area contributed by atoms with Crippen LogP contribution in [0, 0.1) is 0 Å². The lowest BCUT2D eigenvalue weighted by Gasteiger charge is -2.27. The van der Waals surface area contributed by atoms with Gasteiger partial charge in [-0.15, -0.1) is 0 Å². The highest BCUT2D eigenvalue weighted by Crippen LogP contribution is 2.19. The molecule has 0 saturated heterocycles. The third kappa shape index (κ3) is 2.78. The molecule has 0 aliphatic heterocycles. The first kappa shape index (κ1) is 11.7. The molecule has 1 aromatic carbocycles. The highest BCUT2D eigenvalue weighted by Gasteiger charge is 2.33. The van der Waals surface area contributed by atoms with E-state index in [1.807, 2.05) is 30.3 Å². The first-order valence-corrected chi connectivity index (χ1v) is 5.39. The summed E-state index contributed by atoms with van der Waals surface area (Å²) < 4.78 is 0. The predicted octanol–water partition coefficient (Wildman–Crippen LogP) is 0.666. The smallest absolute Gasteiger partial charge is 0.182 e. The fraction of sp³-hybridized carbons (Fsp3) is 0.400. The van der Waals surface area contributed by atoms with Crippen LogP contribution >= 0.6 is 15.9 Å². The SMILES string of the molecule is OC(O)C(O)(CBr)Cc1ccccc1. The molecule has 0 amide bonds. The minimum atomic E-state index is -1.75. The fourth-order valence-electron chi connectivity index (χ4n) is 1.16. The van der Waals surface area contributed by atoms with E-state index in [1.165, 1.54) is 0 Å². The number of benzene rings is 1. The molecule has 0 spiro atoms. The van der Waals surface area contributed by atoms with Crippen molar-refractivity contribution in [1.82, 2.24) is 0 Å². The van der Waals surface area contributed by atoms with Crippen molar-refractivity contribution < 1.29 is 15.3 Å². The van der Waals surface area contributed by atoms with Gasteiger partial charge in [0.05, 0.1) is 0 Å². The van der Waals surface area contributed by atoms with Crippen LogP contribution in [0.15, 0.2) is 30.3 Å². The molecule has 1 unspecified atom stereocenters. The van der Waals surface area contributed by atoms with Gasteiger partial charge in [-0.25, -0.2) is 0 Å². The summed E-state index contributed by atoms with van der Waals surface area (Å²) in [5.74, 6) is 0. The zero-order chi connectivity index (χ0) is 10.6. The zero-order valence-electron chi connectivity index (χ0n) is 7.60. The molecule has 0 aliphatic rings. The monoisotopic (exact) mass is 260 g/mol. The second-order valence-corrected chi connectivity index (χ2v) is 3.83. The van der Waals surface area contributed by atoms with Crippen LogP contribution < -0.4 is 0 Å². The maximum absolute atomic E-state index is 9.80. The molecule has 1 atom stereocenters. The summed E-state index contributed by atoms with van der Waals surface area (Å²) in [5, 5.41) is 27.9. The molecule has 0 aromatic heterocycles. The van der Waals surface area contributed by atoms with E-state index < -0.39 is 11.9 Å². The maximum atomic E-state index is 9.80. The molecule has 4 heteroatoms. The van der Waals surface area contributed by atoms with Crippen molar-refractivity contribution in [2.24, 2.45) is 0 Å². The van der Waals surface area contributed by atoms with Crippen LogP contribution in [0.1, 0.15) is 5.56 Å². The molecule has 14 heavy (non-hydrogen) atoms. The van der Waals surface area contributed by atoms with Crippen molar-refractivity contribution in [3.8, 4) is 0 Å². The molecule has 3 nitrogen and oxygen atoms in total. The largest absolute Gasteiger partial charge is 0.383 e. The van der Waals surface area contributed by atoms with Crippen molar-refractivity contribution >= 4 is 15.9 Å². The highest BCUT2D eigenvalue weighted by atomic mass is 79.9. The van der Waals surface area contributed by atoms with E-state index in [0.717, 1.165) is 5.56 Å². The molecule has 1 rings (SSSR count). The zero-order valence-corrected chi connectivity index (χ0v) is 9.18. The quantitative estimate of drug-likeness (QED) is 0.551. The summed E-state index contributed by atoms with van der Waals surface area (Å²) in [6.07, 6.45) is -1.54. The lowest BCUT2D eigenvalue weighted by atomic mass is 9.96. The van der Waals surface area contributed by atoms with E-state index >= 15 is 0 Å². The standard InChI is InChI=1S/C10H13BrO3/c11-7-10(14,9(12)13)6-8-4-2-1-3-5-8/h1-5,9,12-14H,6-7H2. The Hall–Kier alpha value is -0.420. The van der Waals surface area contributed by atoms with Crippen molar-refractivity contribution in [2.75, 3.05) is 5.33 Å². The van der Waals surface area contributed by atoms with E-state index in [-0.39, 0.29) is 11.8 Å². The predicted molar refractivity (Wildman–Crippen MR) is 57.1 cm³/mol. The lowest BCUT2D eigenvalue weighted by molar-refractivity contribution is -0.171. The van der Waals surface area contributed by atoms with Crippen LogP contribution in [0.3, 0.4) is 0 Å². The second-order valence-electron chi connectivity index (χ2n) is 3.27. The van der Waals surface area contributed by atoms with Gasteiger partial charge in [0.1, 0.15) is 5.60 Å². The van der Waals surface area contributed by atoms with Crippen LogP contribution in [0.4, 0.5) is 0 Å². The Bertz CT molecular complexity index is 276. The third-order valence-corrected chi connectivity index (χ3v) is 3.04. The summed E-state index contributed by atoms with van der Waals surface area (Å²) in [6, 6.07) is 9.21. The number of halogens is 1. The minimum absolute atomic E-state index is 0.118. The van der Waals surface area contributed by atoms with Crippen molar-refractivity contribution in [2.45, 2.75) is 18.3 Å². The van der Waals surface area contributed by atoms with Gasteiger partial charge in [-0.2, -0.15) is 0 Å². The molecule has 0 heterocycles. The molecular weight excluding hydrogens is 248 g/mol. The summed E-state index contributed by atoms with van der Waals surface area (Å²) in [6.45, 7) is 0. The Morgan fingerprint density at radius 1 is 1.21 bits per heavy atom. The average Bonchev–Trinajstić information content (AvgIpc) is 2.19. The number of aliphatic hydroxyl groups excluding tert-OH is 1. The van der Waals surface area contributed by atoms with Crippen LogP contribution in [0.2, 0.25) is 0 Å². The third-order valence-electron chi connectivity index (χ3n) is 2.07. The van der Waals surface area contributed by atoms with Gasteiger partial charge in [0.2, 0.25) is 0 Å². The van der Waals surface area contributed by atoms with E-state index in [1.54, 1.807) is 0 Å². The van der Waals surface area contributed by atoms with Crippen LogP contribution in [-0.4, -0.2) is 32.5 Å². The summed E-state index contributed by atoms with van der Waals surface area (Å²) in [5.41, 5.74) is -0.663. The van der Waals surface area contributed by atoms with Crippen molar-refractivity contribution in [3.05, 3.63) is 35.9 Å². The molecule has 0 aliphatic carbocycles. The Labute approximate surface area is 91.1 Å². The minimum Gasteiger partial charge on any atom is -0.383 e. The van der Waals surface area contributed by atoms with Crippen LogP contribution in [-0.2, 0) is 6.42 Å². The van der Waals surface area contributed by atoms with Gasteiger partial charge in [-0.1, -0.05) is 46.3 Å². The molecule has 0 radical (unpaired) electrons. The van der Waals surface area contributed by atoms with Gasteiger partial charge in [0.25, 0.3) is 0 Å². The fourth-order valence-corrected chi connectivity index (χ4v) is 1.64. The molecular formula is C10H13BrO3. The van der Waals surface area contributed by atoms with Crippen LogP contribution in [0.25, 0.3) is 0 Å². The topological polar surface area (TPSA) is 60.7 Å². The molecule has 0 bridgehead atoms. The first-order valence-electron chi connectivity index (χ1n) is 4.27. The lowest BCUT2D eigenvalue weighted by Crippen LogP contribution is -2.46. The molecule has 0 saturated carbocycles. The average molecular weight is 261 g/mol. The number of rotatable bonds is 4. The van der Waals surface area contributed by atoms with Crippen LogP contribution in [0.5, 0.6) is 0 Å². The van der Waals surface area contributed by atoms with Gasteiger partial charge in [0, 0.05) is 11.8 Å². The first-order chi connectivity index (χ1) is 6.58. The van der Waals surface area contributed by atoms with Crippen molar-refractivity contribution in [1.29, 1.82) is 0 Å². The molecule has 0 fully saturated rings. The molecule has 1 aromatic rings. The number of alkyl halides is 1. The van der Waals surface area contributed by atoms with Gasteiger partial charge in [-0.05, 0) is 5.56 Å². The van der Waals surface area contributed by atoms with E-state index in [2.05, 4.69) is 15.9 Å². The van der Waals surface area contributed by atoms with Gasteiger partial charge < -0.3 is 15.3 Å². The molecule has 3 N–H and O–H groups in total.